The normalized spacial score (nSPS) is 20.3. The Balaban J connectivity index is 2.62. The molecule has 2 unspecified atom stereocenters. The maximum Gasteiger partial charge on any atom is 0.0876 e. The Labute approximate surface area is 92.8 Å². The van der Waals surface area contributed by atoms with Crippen LogP contribution in [0.25, 0.3) is 0 Å². The van der Waals surface area contributed by atoms with Gasteiger partial charge in [0.05, 0.1) is 25.0 Å². The minimum atomic E-state index is 0.257. The molecule has 1 rings (SSSR count). The fraction of sp³-hybridized carbons (Fsp3) is 0.833. The molecule has 1 heterocycles. The summed E-state index contributed by atoms with van der Waals surface area (Å²) in [6.07, 6.45) is 5.43. The molecule has 0 aromatic rings. The Morgan fingerprint density at radius 2 is 2.33 bits per heavy atom. The lowest BCUT2D eigenvalue weighted by atomic mass is 9.96. The van der Waals surface area contributed by atoms with Crippen molar-refractivity contribution in [3.63, 3.8) is 0 Å². The van der Waals surface area contributed by atoms with Crippen LogP contribution < -0.4 is 5.32 Å². The standard InChI is InChI=1S/C12H23NO2/c1-4-11(15-5-2)12(13-3)10-7-6-8-14-9-10/h9,11-13H,4-8H2,1-3H3. The fourth-order valence-corrected chi connectivity index (χ4v) is 2.09. The molecule has 0 fully saturated rings. The van der Waals surface area contributed by atoms with E-state index in [1.807, 2.05) is 20.2 Å². The summed E-state index contributed by atoms with van der Waals surface area (Å²) in [5.41, 5.74) is 1.34. The lowest BCUT2D eigenvalue weighted by molar-refractivity contribution is 0.0394. The zero-order chi connectivity index (χ0) is 11.1. The van der Waals surface area contributed by atoms with Crippen LogP contribution in [0.1, 0.15) is 33.1 Å². The number of likely N-dealkylation sites (N-methyl/N-ethyl adjacent to an activating group) is 1. The highest BCUT2D eigenvalue weighted by Crippen LogP contribution is 2.20. The van der Waals surface area contributed by atoms with Gasteiger partial charge in [0.1, 0.15) is 0 Å². The van der Waals surface area contributed by atoms with Gasteiger partial charge >= 0.3 is 0 Å². The highest BCUT2D eigenvalue weighted by molar-refractivity contribution is 5.12. The first kappa shape index (κ1) is 12.5. The predicted molar refractivity (Wildman–Crippen MR) is 61.8 cm³/mol. The summed E-state index contributed by atoms with van der Waals surface area (Å²) in [6, 6.07) is 0.301. The summed E-state index contributed by atoms with van der Waals surface area (Å²) in [6.45, 7) is 5.83. The molecule has 3 nitrogen and oxygen atoms in total. The van der Waals surface area contributed by atoms with Gasteiger partial charge in [0, 0.05) is 6.61 Å². The highest BCUT2D eigenvalue weighted by Gasteiger charge is 2.23. The zero-order valence-electron chi connectivity index (χ0n) is 10.1. The Morgan fingerprint density at radius 3 is 2.80 bits per heavy atom. The third-order valence-electron chi connectivity index (χ3n) is 2.83. The molecule has 2 atom stereocenters. The topological polar surface area (TPSA) is 30.5 Å². The van der Waals surface area contributed by atoms with Gasteiger partial charge in [0.15, 0.2) is 0 Å². The number of nitrogens with one attached hydrogen (secondary N) is 1. The Morgan fingerprint density at radius 1 is 1.53 bits per heavy atom. The lowest BCUT2D eigenvalue weighted by Gasteiger charge is -2.29. The van der Waals surface area contributed by atoms with E-state index in [1.54, 1.807) is 0 Å². The predicted octanol–water partition coefficient (Wildman–Crippen LogP) is 2.08. The molecule has 0 amide bonds. The molecule has 3 heteroatoms. The van der Waals surface area contributed by atoms with E-state index in [2.05, 4.69) is 12.2 Å². The van der Waals surface area contributed by atoms with Crippen molar-refractivity contribution in [2.24, 2.45) is 0 Å². The molecule has 0 aromatic heterocycles. The van der Waals surface area contributed by atoms with Crippen molar-refractivity contribution in [1.82, 2.24) is 5.32 Å². The lowest BCUT2D eigenvalue weighted by Crippen LogP contribution is -2.41. The van der Waals surface area contributed by atoms with E-state index in [9.17, 15) is 0 Å². The molecule has 0 spiro atoms. The molecule has 1 aliphatic heterocycles. The Kier molecular flexibility index (Phi) is 5.73. The molecule has 0 saturated heterocycles. The van der Waals surface area contributed by atoms with Gasteiger partial charge in [0.2, 0.25) is 0 Å². The van der Waals surface area contributed by atoms with Crippen LogP contribution in [-0.4, -0.2) is 32.4 Å². The van der Waals surface area contributed by atoms with Crippen LogP contribution in [0, 0.1) is 0 Å². The molecule has 1 aliphatic rings. The first-order valence-corrected chi connectivity index (χ1v) is 5.92. The van der Waals surface area contributed by atoms with Gasteiger partial charge < -0.3 is 14.8 Å². The SMILES string of the molecule is CCOC(CC)C(NC)C1=COCCC1. The van der Waals surface area contributed by atoms with Gasteiger partial charge in [0.25, 0.3) is 0 Å². The second-order valence-corrected chi connectivity index (χ2v) is 3.84. The summed E-state index contributed by atoms with van der Waals surface area (Å²) in [4.78, 5) is 0. The van der Waals surface area contributed by atoms with Crippen LogP contribution in [0.5, 0.6) is 0 Å². The van der Waals surface area contributed by atoms with Crippen molar-refractivity contribution in [2.45, 2.75) is 45.3 Å². The molecular weight excluding hydrogens is 190 g/mol. The number of ether oxygens (including phenoxy) is 2. The van der Waals surface area contributed by atoms with Gasteiger partial charge in [-0.1, -0.05) is 6.92 Å². The van der Waals surface area contributed by atoms with Crippen LogP contribution in [-0.2, 0) is 9.47 Å². The molecule has 0 aliphatic carbocycles. The van der Waals surface area contributed by atoms with Gasteiger partial charge in [-0.25, -0.2) is 0 Å². The average Bonchev–Trinajstić information content (AvgIpc) is 2.30. The molecule has 0 aromatic carbocycles. The Hall–Kier alpha value is -0.540. The first-order chi connectivity index (χ1) is 7.33. The maximum atomic E-state index is 5.74. The summed E-state index contributed by atoms with van der Waals surface area (Å²) in [7, 11) is 1.99. The number of rotatable bonds is 6. The molecule has 0 saturated carbocycles. The van der Waals surface area contributed by atoms with Gasteiger partial charge in [-0.15, -0.1) is 0 Å². The zero-order valence-corrected chi connectivity index (χ0v) is 10.1. The smallest absolute Gasteiger partial charge is 0.0876 e. The van der Waals surface area contributed by atoms with E-state index in [0.29, 0.717) is 6.04 Å². The van der Waals surface area contributed by atoms with Crippen molar-refractivity contribution in [3.05, 3.63) is 11.8 Å². The maximum absolute atomic E-state index is 5.74. The second kappa shape index (κ2) is 6.85. The monoisotopic (exact) mass is 213 g/mol. The van der Waals surface area contributed by atoms with E-state index in [4.69, 9.17) is 9.47 Å². The van der Waals surface area contributed by atoms with Crippen molar-refractivity contribution >= 4 is 0 Å². The van der Waals surface area contributed by atoms with E-state index in [0.717, 1.165) is 32.5 Å². The largest absolute Gasteiger partial charge is 0.501 e. The highest BCUT2D eigenvalue weighted by atomic mass is 16.5. The summed E-state index contributed by atoms with van der Waals surface area (Å²) >= 11 is 0. The molecule has 0 radical (unpaired) electrons. The van der Waals surface area contributed by atoms with Crippen molar-refractivity contribution < 1.29 is 9.47 Å². The van der Waals surface area contributed by atoms with Crippen LogP contribution >= 0.6 is 0 Å². The molecular formula is C12H23NO2. The van der Waals surface area contributed by atoms with E-state index < -0.39 is 0 Å². The fourth-order valence-electron chi connectivity index (χ4n) is 2.09. The van der Waals surface area contributed by atoms with Crippen molar-refractivity contribution in [2.75, 3.05) is 20.3 Å². The molecule has 1 N–H and O–H groups in total. The van der Waals surface area contributed by atoms with Crippen molar-refractivity contribution in [1.29, 1.82) is 0 Å². The van der Waals surface area contributed by atoms with Gasteiger partial charge in [-0.05, 0) is 38.8 Å². The van der Waals surface area contributed by atoms with Crippen LogP contribution in [0.15, 0.2) is 11.8 Å². The quantitative estimate of drug-likeness (QED) is 0.733. The summed E-state index contributed by atoms with van der Waals surface area (Å²) in [5, 5.41) is 3.33. The average molecular weight is 213 g/mol. The van der Waals surface area contributed by atoms with Crippen LogP contribution in [0.2, 0.25) is 0 Å². The first-order valence-electron chi connectivity index (χ1n) is 5.92. The summed E-state index contributed by atoms with van der Waals surface area (Å²) < 4.78 is 11.1. The third-order valence-corrected chi connectivity index (χ3v) is 2.83. The number of hydrogen-bond donors (Lipinski definition) is 1. The van der Waals surface area contributed by atoms with Crippen LogP contribution in [0.3, 0.4) is 0 Å². The van der Waals surface area contributed by atoms with Crippen molar-refractivity contribution in [3.8, 4) is 0 Å². The van der Waals surface area contributed by atoms with E-state index in [-0.39, 0.29) is 6.10 Å². The van der Waals surface area contributed by atoms with Crippen LogP contribution in [0.4, 0.5) is 0 Å². The third kappa shape index (κ3) is 3.50. The van der Waals surface area contributed by atoms with Gasteiger partial charge in [-0.2, -0.15) is 0 Å². The Bertz CT molecular complexity index is 204. The van der Waals surface area contributed by atoms with Gasteiger partial charge in [-0.3, -0.25) is 0 Å². The molecule has 15 heavy (non-hydrogen) atoms. The van der Waals surface area contributed by atoms with E-state index in [1.165, 1.54) is 5.57 Å². The minimum absolute atomic E-state index is 0.257. The minimum Gasteiger partial charge on any atom is -0.501 e. The molecule has 88 valence electrons. The molecule has 0 bridgehead atoms. The van der Waals surface area contributed by atoms with E-state index >= 15 is 0 Å². The number of hydrogen-bond acceptors (Lipinski definition) is 3. The second-order valence-electron chi connectivity index (χ2n) is 3.84. The summed E-state index contributed by atoms with van der Waals surface area (Å²) in [5.74, 6) is 0.